The van der Waals surface area contributed by atoms with Crippen LogP contribution in [0.3, 0.4) is 0 Å². The Hall–Kier alpha value is -1.49. The molecule has 0 saturated carbocycles. The fourth-order valence-electron chi connectivity index (χ4n) is 1.88. The third kappa shape index (κ3) is 4.28. The molecule has 0 aromatic carbocycles. The fourth-order valence-corrected chi connectivity index (χ4v) is 1.88. The maximum Gasteiger partial charge on any atom is 0.323 e. The van der Waals surface area contributed by atoms with Gasteiger partial charge in [-0.05, 0) is 24.5 Å². The van der Waals surface area contributed by atoms with Crippen molar-refractivity contribution in [3.63, 3.8) is 0 Å². The molecule has 0 aliphatic carbocycles. The maximum absolute atomic E-state index is 12.9. The van der Waals surface area contributed by atoms with Crippen LogP contribution in [-0.4, -0.2) is 24.1 Å². The highest BCUT2D eigenvalue weighted by atomic mass is 19.1. The Bertz CT molecular complexity index is 406. The summed E-state index contributed by atoms with van der Waals surface area (Å²) in [6.07, 6.45) is 1.93. The van der Waals surface area contributed by atoms with Gasteiger partial charge in [-0.25, -0.2) is 4.39 Å². The van der Waals surface area contributed by atoms with Crippen LogP contribution in [-0.2, 0) is 9.53 Å². The Balaban J connectivity index is 2.85. The van der Waals surface area contributed by atoms with E-state index in [9.17, 15) is 9.18 Å². The van der Waals surface area contributed by atoms with E-state index >= 15 is 0 Å². The van der Waals surface area contributed by atoms with Crippen LogP contribution in [0.2, 0.25) is 0 Å². The molecule has 0 fully saturated rings. The molecule has 1 N–H and O–H groups in total. The summed E-state index contributed by atoms with van der Waals surface area (Å²) < 4.78 is 17.7. The van der Waals surface area contributed by atoms with Gasteiger partial charge in [0.05, 0.1) is 19.0 Å². The van der Waals surface area contributed by atoms with E-state index in [1.54, 1.807) is 6.07 Å². The van der Waals surface area contributed by atoms with Gasteiger partial charge >= 0.3 is 5.97 Å². The average Bonchev–Trinajstić information content (AvgIpc) is 2.40. The molecule has 1 aromatic heterocycles. The lowest BCUT2D eigenvalue weighted by Gasteiger charge is -2.25. The molecule has 0 bridgehead atoms. The van der Waals surface area contributed by atoms with Gasteiger partial charge in [0.25, 0.3) is 0 Å². The lowest BCUT2D eigenvalue weighted by Crippen LogP contribution is -2.43. The van der Waals surface area contributed by atoms with E-state index in [0.29, 0.717) is 0 Å². The van der Waals surface area contributed by atoms with E-state index < -0.39 is 6.04 Å². The van der Waals surface area contributed by atoms with Gasteiger partial charge in [0, 0.05) is 6.04 Å². The minimum Gasteiger partial charge on any atom is -0.468 e. The molecule has 1 rings (SSSR count). The number of carbonyl (C=O) groups is 1. The minimum atomic E-state index is -0.401. The first-order valence-electron chi connectivity index (χ1n) is 6.44. The zero-order valence-electron chi connectivity index (χ0n) is 11.8. The highest BCUT2D eigenvalue weighted by molar-refractivity contribution is 5.76. The lowest BCUT2D eigenvalue weighted by atomic mass is 10.0. The lowest BCUT2D eigenvalue weighted by molar-refractivity contribution is -0.144. The van der Waals surface area contributed by atoms with Crippen LogP contribution in [0.4, 0.5) is 4.39 Å². The maximum atomic E-state index is 12.9. The summed E-state index contributed by atoms with van der Waals surface area (Å²) in [7, 11) is 1.37. The number of pyridine rings is 1. The quantitative estimate of drug-likeness (QED) is 0.805. The van der Waals surface area contributed by atoms with Gasteiger partial charge < -0.3 is 4.74 Å². The SMILES string of the molecule is CCC(N[C@H](C(=O)OC)C(C)C)c1ccc(F)cn1. The molecule has 0 radical (unpaired) electrons. The van der Waals surface area contributed by atoms with Crippen molar-refractivity contribution in [2.24, 2.45) is 5.92 Å². The van der Waals surface area contributed by atoms with Crippen LogP contribution in [0.25, 0.3) is 0 Å². The smallest absolute Gasteiger partial charge is 0.323 e. The second-order valence-electron chi connectivity index (χ2n) is 4.77. The molecule has 1 aromatic rings. The normalized spacial score (nSPS) is 14.2. The van der Waals surface area contributed by atoms with Crippen LogP contribution in [0.15, 0.2) is 18.3 Å². The fraction of sp³-hybridized carbons (Fsp3) is 0.571. The van der Waals surface area contributed by atoms with E-state index in [1.807, 2.05) is 20.8 Å². The molecular formula is C14H21FN2O2. The average molecular weight is 268 g/mol. The molecular weight excluding hydrogens is 247 g/mol. The number of hydrogen-bond acceptors (Lipinski definition) is 4. The minimum absolute atomic E-state index is 0.0990. The number of esters is 1. The number of methoxy groups -OCH3 is 1. The Morgan fingerprint density at radius 2 is 2.16 bits per heavy atom. The standard InChI is InChI=1S/C14H21FN2O2/c1-5-11(12-7-6-10(15)8-16-12)17-13(9(2)3)14(18)19-4/h6-9,11,13,17H,5H2,1-4H3/t11?,13-/m0/s1. The number of ether oxygens (including phenoxy) is 1. The van der Waals surface area contributed by atoms with Crippen LogP contribution >= 0.6 is 0 Å². The van der Waals surface area contributed by atoms with Crippen LogP contribution < -0.4 is 5.32 Å². The summed E-state index contributed by atoms with van der Waals surface area (Å²) in [5.41, 5.74) is 0.721. The number of hydrogen-bond donors (Lipinski definition) is 1. The van der Waals surface area contributed by atoms with Crippen molar-refractivity contribution in [3.05, 3.63) is 29.8 Å². The van der Waals surface area contributed by atoms with Crippen molar-refractivity contribution < 1.29 is 13.9 Å². The van der Waals surface area contributed by atoms with Crippen molar-refractivity contribution in [2.45, 2.75) is 39.3 Å². The summed E-state index contributed by atoms with van der Waals surface area (Å²) >= 11 is 0. The van der Waals surface area contributed by atoms with Crippen LogP contribution in [0.5, 0.6) is 0 Å². The van der Waals surface area contributed by atoms with E-state index in [1.165, 1.54) is 19.4 Å². The number of nitrogens with one attached hydrogen (secondary N) is 1. The summed E-state index contributed by atoms with van der Waals surface area (Å²) in [5, 5.41) is 3.23. The summed E-state index contributed by atoms with van der Waals surface area (Å²) in [6, 6.07) is 2.49. The number of carbonyl (C=O) groups excluding carboxylic acids is 1. The summed E-state index contributed by atoms with van der Waals surface area (Å²) in [6.45, 7) is 5.87. The monoisotopic (exact) mass is 268 g/mol. The first kappa shape index (κ1) is 15.6. The van der Waals surface area contributed by atoms with E-state index in [0.717, 1.165) is 12.1 Å². The molecule has 106 valence electrons. The van der Waals surface area contributed by atoms with Crippen molar-refractivity contribution in [2.75, 3.05) is 7.11 Å². The first-order chi connectivity index (χ1) is 8.99. The van der Waals surface area contributed by atoms with Crippen molar-refractivity contribution in [1.29, 1.82) is 0 Å². The predicted octanol–water partition coefficient (Wildman–Crippen LogP) is 2.46. The molecule has 1 heterocycles. The second kappa shape index (κ2) is 7.19. The molecule has 0 aliphatic rings. The van der Waals surface area contributed by atoms with Gasteiger partial charge in [-0.3, -0.25) is 15.1 Å². The van der Waals surface area contributed by atoms with E-state index in [4.69, 9.17) is 4.74 Å². The third-order valence-electron chi connectivity index (χ3n) is 3.02. The highest BCUT2D eigenvalue weighted by Crippen LogP contribution is 2.17. The van der Waals surface area contributed by atoms with Crippen molar-refractivity contribution in [1.82, 2.24) is 10.3 Å². The Kier molecular flexibility index (Phi) is 5.89. The van der Waals surface area contributed by atoms with Gasteiger partial charge in [0.15, 0.2) is 0 Å². The predicted molar refractivity (Wildman–Crippen MR) is 71.0 cm³/mol. The number of halogens is 1. The van der Waals surface area contributed by atoms with Crippen LogP contribution in [0, 0.1) is 11.7 Å². The van der Waals surface area contributed by atoms with E-state index in [-0.39, 0.29) is 23.7 Å². The Morgan fingerprint density at radius 1 is 1.47 bits per heavy atom. The molecule has 0 spiro atoms. The molecule has 0 amide bonds. The number of nitrogens with zero attached hydrogens (tertiary/aromatic N) is 1. The number of aromatic nitrogens is 1. The van der Waals surface area contributed by atoms with Gasteiger partial charge in [-0.1, -0.05) is 20.8 Å². The molecule has 2 atom stereocenters. The van der Waals surface area contributed by atoms with Gasteiger partial charge in [0.2, 0.25) is 0 Å². The largest absolute Gasteiger partial charge is 0.468 e. The molecule has 5 heteroatoms. The number of rotatable bonds is 6. The molecule has 4 nitrogen and oxygen atoms in total. The van der Waals surface area contributed by atoms with Gasteiger partial charge in [-0.15, -0.1) is 0 Å². The topological polar surface area (TPSA) is 51.2 Å². The zero-order valence-corrected chi connectivity index (χ0v) is 11.8. The highest BCUT2D eigenvalue weighted by Gasteiger charge is 2.26. The molecule has 19 heavy (non-hydrogen) atoms. The second-order valence-corrected chi connectivity index (χ2v) is 4.77. The molecule has 0 saturated heterocycles. The Labute approximate surface area is 113 Å². The van der Waals surface area contributed by atoms with Crippen molar-refractivity contribution >= 4 is 5.97 Å². The zero-order chi connectivity index (χ0) is 14.4. The van der Waals surface area contributed by atoms with Gasteiger partial charge in [0.1, 0.15) is 11.9 Å². The molecule has 1 unspecified atom stereocenters. The van der Waals surface area contributed by atoms with Gasteiger partial charge in [-0.2, -0.15) is 0 Å². The van der Waals surface area contributed by atoms with Crippen LogP contribution in [0.1, 0.15) is 38.9 Å². The Morgan fingerprint density at radius 3 is 2.58 bits per heavy atom. The summed E-state index contributed by atoms with van der Waals surface area (Å²) in [4.78, 5) is 15.8. The van der Waals surface area contributed by atoms with E-state index in [2.05, 4.69) is 10.3 Å². The third-order valence-corrected chi connectivity index (χ3v) is 3.02. The van der Waals surface area contributed by atoms with Crippen molar-refractivity contribution in [3.8, 4) is 0 Å². The first-order valence-corrected chi connectivity index (χ1v) is 6.44. The summed E-state index contributed by atoms with van der Waals surface area (Å²) in [5.74, 6) is -0.565. The molecule has 0 aliphatic heterocycles.